The van der Waals surface area contributed by atoms with Crippen LogP contribution in [0.1, 0.15) is 54.5 Å². The van der Waals surface area contributed by atoms with Crippen LogP contribution in [0.4, 0.5) is 0 Å². The molecular weight excluding hydrogens is 380 g/mol. The van der Waals surface area contributed by atoms with Crippen molar-refractivity contribution in [2.24, 2.45) is 0 Å². The Hall–Kier alpha value is -3.02. The third-order valence-electron chi connectivity index (χ3n) is 5.50. The van der Waals surface area contributed by atoms with Crippen LogP contribution in [-0.4, -0.2) is 48.3 Å². The SMILES string of the molecule is [2H]C1([2H])C(=O)N([C@@H](C)c2ccc(OC)cc2)[C@]([2H])(CC)C(=O)N1[C@@H](C)c1ccc(OC)cc1. The van der Waals surface area contributed by atoms with Crippen LogP contribution in [-0.2, 0) is 9.59 Å². The van der Waals surface area contributed by atoms with Crippen LogP contribution in [0.25, 0.3) is 0 Å². The number of amides is 2. The second-order valence-corrected chi connectivity index (χ2v) is 7.16. The minimum Gasteiger partial charge on any atom is -0.497 e. The van der Waals surface area contributed by atoms with E-state index in [4.69, 9.17) is 13.6 Å². The van der Waals surface area contributed by atoms with Crippen molar-refractivity contribution in [1.29, 1.82) is 0 Å². The number of benzene rings is 2. The highest BCUT2D eigenvalue weighted by molar-refractivity contribution is 5.95. The molecule has 3 rings (SSSR count). The van der Waals surface area contributed by atoms with Gasteiger partial charge in [0, 0.05) is 0 Å². The smallest absolute Gasteiger partial charge is 0.246 e. The number of nitrogens with zero attached hydrogens (tertiary/aromatic N) is 2. The zero-order chi connectivity index (χ0) is 24.6. The highest BCUT2D eigenvalue weighted by Crippen LogP contribution is 2.32. The molecule has 1 saturated heterocycles. The van der Waals surface area contributed by atoms with Gasteiger partial charge in [-0.25, -0.2) is 0 Å². The normalized spacial score (nSPS) is 24.5. The van der Waals surface area contributed by atoms with E-state index in [9.17, 15) is 9.59 Å². The van der Waals surface area contributed by atoms with E-state index in [2.05, 4.69) is 0 Å². The summed E-state index contributed by atoms with van der Waals surface area (Å²) >= 11 is 0. The maximum Gasteiger partial charge on any atom is 0.246 e. The molecule has 1 fully saturated rings. The van der Waals surface area contributed by atoms with Crippen molar-refractivity contribution in [3.63, 3.8) is 0 Å². The van der Waals surface area contributed by atoms with Crippen molar-refractivity contribution in [2.45, 2.75) is 45.3 Å². The monoisotopic (exact) mass is 413 g/mol. The predicted octanol–water partition coefficient (Wildman–Crippen LogP) is 3.98. The summed E-state index contributed by atoms with van der Waals surface area (Å²) in [6.45, 7) is 2.38. The fourth-order valence-corrected chi connectivity index (χ4v) is 3.64. The quantitative estimate of drug-likeness (QED) is 0.689. The van der Waals surface area contributed by atoms with Crippen LogP contribution in [0.5, 0.6) is 11.5 Å². The van der Waals surface area contributed by atoms with Crippen LogP contribution >= 0.6 is 0 Å². The molecule has 0 spiro atoms. The van der Waals surface area contributed by atoms with Gasteiger partial charge in [-0.1, -0.05) is 31.2 Å². The van der Waals surface area contributed by atoms with Gasteiger partial charge in [0.05, 0.1) is 30.4 Å². The van der Waals surface area contributed by atoms with Gasteiger partial charge in [0.2, 0.25) is 11.8 Å². The molecule has 0 bridgehead atoms. The first-order chi connectivity index (χ1) is 15.5. The maximum atomic E-state index is 13.7. The zero-order valence-corrected chi connectivity index (χ0v) is 18.0. The third-order valence-corrected chi connectivity index (χ3v) is 5.50. The molecule has 0 aliphatic carbocycles. The average molecular weight is 414 g/mol. The summed E-state index contributed by atoms with van der Waals surface area (Å²) in [7, 11) is 3.09. The molecule has 0 radical (unpaired) electrons. The van der Waals surface area contributed by atoms with E-state index in [-0.39, 0.29) is 6.42 Å². The lowest BCUT2D eigenvalue weighted by molar-refractivity contribution is -0.160. The number of ether oxygens (including phenoxy) is 2. The van der Waals surface area contributed by atoms with E-state index in [1.807, 2.05) is 0 Å². The van der Waals surface area contributed by atoms with Crippen molar-refractivity contribution in [3.8, 4) is 11.5 Å². The van der Waals surface area contributed by atoms with Gasteiger partial charge in [0.1, 0.15) is 24.0 Å². The summed E-state index contributed by atoms with van der Waals surface area (Å²) in [6.07, 6.45) is 0.0139. The summed E-state index contributed by atoms with van der Waals surface area (Å²) in [5.41, 5.74) is 1.31. The van der Waals surface area contributed by atoms with Crippen LogP contribution in [0, 0.1) is 0 Å². The Labute approximate surface area is 182 Å². The molecule has 160 valence electrons. The largest absolute Gasteiger partial charge is 0.497 e. The van der Waals surface area contributed by atoms with Crippen molar-refractivity contribution in [1.82, 2.24) is 9.80 Å². The van der Waals surface area contributed by atoms with E-state index < -0.39 is 36.4 Å². The first kappa shape index (κ1) is 17.8. The molecule has 0 unspecified atom stereocenters. The fourth-order valence-electron chi connectivity index (χ4n) is 3.64. The summed E-state index contributed by atoms with van der Waals surface area (Å²) in [5.74, 6) is -0.409. The number of carbonyl (C=O) groups is 2. The Bertz CT molecular complexity index is 1010. The maximum absolute atomic E-state index is 13.7. The van der Waals surface area contributed by atoms with Gasteiger partial charge in [0.15, 0.2) is 0 Å². The van der Waals surface area contributed by atoms with Gasteiger partial charge in [-0.3, -0.25) is 9.59 Å². The van der Waals surface area contributed by atoms with Crippen LogP contribution in [0.15, 0.2) is 48.5 Å². The molecule has 1 aliphatic rings. The molecular formula is C24H30N2O4. The fraction of sp³-hybridized carbons (Fsp3) is 0.417. The lowest BCUT2D eigenvalue weighted by Crippen LogP contribution is -2.60. The Kier molecular flexibility index (Phi) is 5.46. The molecule has 2 aromatic carbocycles. The van der Waals surface area contributed by atoms with Crippen molar-refractivity contribution in [2.75, 3.05) is 20.7 Å². The van der Waals surface area contributed by atoms with Gasteiger partial charge in [0.25, 0.3) is 0 Å². The van der Waals surface area contributed by atoms with E-state index in [1.165, 1.54) is 7.11 Å². The number of carbonyl (C=O) groups excluding carboxylic acids is 2. The van der Waals surface area contributed by atoms with Gasteiger partial charge in [-0.2, -0.15) is 0 Å². The van der Waals surface area contributed by atoms with Crippen molar-refractivity contribution >= 4 is 11.8 Å². The van der Waals surface area contributed by atoms with Gasteiger partial charge < -0.3 is 19.3 Å². The standard InChI is InChI=1S/C24H30N2O4/c1-6-22-24(28)25(16(2)18-7-11-20(29-4)12-8-18)15-23(27)26(22)17(3)19-9-13-21(30-5)14-10-19/h7-14,16-17,22H,6,15H2,1-5H3/t16-,17-,22+/m0/s1/i15D2,22D. The molecule has 2 amide bonds. The molecule has 6 heteroatoms. The zero-order valence-electron chi connectivity index (χ0n) is 21.0. The number of hydrogen-bond donors (Lipinski definition) is 0. The lowest BCUT2D eigenvalue weighted by atomic mass is 9.98. The summed E-state index contributed by atoms with van der Waals surface area (Å²) < 4.78 is 36.7. The van der Waals surface area contributed by atoms with E-state index in [0.717, 1.165) is 9.80 Å². The molecule has 30 heavy (non-hydrogen) atoms. The Morgan fingerprint density at radius 3 is 1.87 bits per heavy atom. The first-order valence-electron chi connectivity index (χ1n) is 11.5. The number of rotatable bonds is 7. The third kappa shape index (κ3) is 4.13. The Morgan fingerprint density at radius 1 is 0.967 bits per heavy atom. The van der Waals surface area contributed by atoms with Crippen molar-refractivity contribution in [3.05, 3.63) is 59.7 Å². The van der Waals surface area contributed by atoms with Gasteiger partial charge >= 0.3 is 0 Å². The Morgan fingerprint density at radius 2 is 1.43 bits per heavy atom. The molecule has 1 aliphatic heterocycles. The molecule has 0 N–H and O–H groups in total. The number of piperazine rings is 1. The van der Waals surface area contributed by atoms with Gasteiger partial charge in [-0.05, 0) is 55.7 Å². The van der Waals surface area contributed by atoms with E-state index >= 15 is 0 Å². The molecule has 6 nitrogen and oxygen atoms in total. The average Bonchev–Trinajstić information content (AvgIpc) is 2.82. The molecule has 1 heterocycles. The van der Waals surface area contributed by atoms with Crippen LogP contribution < -0.4 is 9.47 Å². The van der Waals surface area contributed by atoms with Crippen LogP contribution in [0.2, 0.25) is 0 Å². The van der Waals surface area contributed by atoms with E-state index in [1.54, 1.807) is 76.4 Å². The highest BCUT2D eigenvalue weighted by Gasteiger charge is 2.42. The lowest BCUT2D eigenvalue weighted by Gasteiger charge is -2.45. The summed E-state index contributed by atoms with van der Waals surface area (Å²) in [5, 5.41) is 0. The second kappa shape index (κ2) is 9.20. The highest BCUT2D eigenvalue weighted by atomic mass is 16.5. The second-order valence-electron chi connectivity index (χ2n) is 7.16. The minimum absolute atomic E-state index is 0.0139. The Balaban J connectivity index is 2.03. The topological polar surface area (TPSA) is 59.1 Å². The number of methoxy groups -OCH3 is 2. The molecule has 2 aromatic rings. The minimum atomic E-state index is -2.63. The van der Waals surface area contributed by atoms with Gasteiger partial charge in [-0.15, -0.1) is 0 Å². The van der Waals surface area contributed by atoms with Crippen molar-refractivity contribution < 1.29 is 23.2 Å². The summed E-state index contributed by atoms with van der Waals surface area (Å²) in [6, 6.07) is 10.4. The number of hydrogen-bond acceptors (Lipinski definition) is 4. The van der Waals surface area contributed by atoms with Crippen LogP contribution in [0.3, 0.4) is 0 Å². The molecule has 0 aromatic heterocycles. The predicted molar refractivity (Wildman–Crippen MR) is 115 cm³/mol. The first-order valence-corrected chi connectivity index (χ1v) is 9.98. The molecule has 0 saturated carbocycles. The summed E-state index contributed by atoms with van der Waals surface area (Å²) in [4.78, 5) is 29.2. The molecule has 3 atom stereocenters. The van der Waals surface area contributed by atoms with E-state index in [0.29, 0.717) is 22.6 Å².